The van der Waals surface area contributed by atoms with E-state index in [1.165, 1.54) is 0 Å². The van der Waals surface area contributed by atoms with E-state index in [9.17, 15) is 4.79 Å². The number of rotatable bonds is 9. The van der Waals surface area contributed by atoms with Gasteiger partial charge < -0.3 is 14.5 Å². The Bertz CT molecular complexity index is 1330. The number of aromatic nitrogens is 3. The molecule has 202 valence electrons. The van der Waals surface area contributed by atoms with Crippen molar-refractivity contribution in [1.29, 1.82) is 0 Å². The summed E-state index contributed by atoms with van der Waals surface area (Å²) in [7, 11) is 4.05. The molecule has 0 unspecified atom stereocenters. The minimum Gasteiger partial charge on any atom is -0.470 e. The lowest BCUT2D eigenvalue weighted by Crippen LogP contribution is -2.37. The van der Waals surface area contributed by atoms with Crippen LogP contribution in [0.1, 0.15) is 44.6 Å². The van der Waals surface area contributed by atoms with Crippen molar-refractivity contribution in [3.8, 4) is 17.1 Å². The minimum atomic E-state index is 0.0000892. The van der Waals surface area contributed by atoms with Gasteiger partial charge in [0.25, 0.3) is 0 Å². The average molecular weight is 525 g/mol. The predicted octanol–water partition coefficient (Wildman–Crippen LogP) is 5.70. The van der Waals surface area contributed by atoms with Crippen LogP contribution >= 0.6 is 0 Å². The molecule has 2 aliphatic rings. The fraction of sp³-hybridized carbons (Fsp3) is 0.387. The molecule has 1 aliphatic heterocycles. The lowest BCUT2D eigenvalue weighted by Gasteiger charge is -2.31. The second-order valence-corrected chi connectivity index (χ2v) is 10.7. The van der Waals surface area contributed by atoms with Gasteiger partial charge in [-0.2, -0.15) is 5.10 Å². The Labute approximate surface area is 230 Å². The molecule has 1 fully saturated rings. The molecule has 0 atom stereocenters. The molecular weight excluding hydrogens is 488 g/mol. The maximum absolute atomic E-state index is 13.8. The molecule has 1 aliphatic carbocycles. The molecular formula is C31H36N6O2. The van der Waals surface area contributed by atoms with E-state index < -0.39 is 0 Å². The van der Waals surface area contributed by atoms with Crippen molar-refractivity contribution in [3.63, 3.8) is 0 Å². The monoisotopic (exact) mass is 524 g/mol. The fourth-order valence-corrected chi connectivity index (χ4v) is 5.03. The largest absolute Gasteiger partial charge is 0.470 e. The molecule has 8 nitrogen and oxygen atoms in total. The van der Waals surface area contributed by atoms with Gasteiger partial charge in [-0.05, 0) is 55.4 Å². The summed E-state index contributed by atoms with van der Waals surface area (Å²) in [5.41, 5.74) is 5.66. The van der Waals surface area contributed by atoms with Gasteiger partial charge in [-0.1, -0.05) is 31.2 Å². The molecule has 5 rings (SSSR count). The van der Waals surface area contributed by atoms with E-state index in [1.807, 2.05) is 43.4 Å². The van der Waals surface area contributed by atoms with E-state index >= 15 is 0 Å². The predicted molar refractivity (Wildman–Crippen MR) is 155 cm³/mol. The topological polar surface area (TPSA) is 83.8 Å². The van der Waals surface area contributed by atoms with Gasteiger partial charge in [0, 0.05) is 56.1 Å². The summed E-state index contributed by atoms with van der Waals surface area (Å²) in [4.78, 5) is 26.7. The number of carbonyl (C=O) groups is 1. The van der Waals surface area contributed by atoms with E-state index in [0.29, 0.717) is 30.6 Å². The fourth-order valence-electron chi connectivity index (χ4n) is 5.03. The molecule has 3 heterocycles. The molecule has 0 N–H and O–H groups in total. The molecule has 1 saturated carbocycles. The first kappa shape index (κ1) is 26.5. The number of aliphatic imine (C=N–C) groups is 1. The van der Waals surface area contributed by atoms with Crippen LogP contribution in [0.4, 0.5) is 11.4 Å². The normalized spacial score (nSPS) is 18.5. The number of nitrogens with zero attached hydrogens (tertiary/aromatic N) is 6. The number of ether oxygens (including phenoxy) is 1. The van der Waals surface area contributed by atoms with Gasteiger partial charge in [-0.15, -0.1) is 5.10 Å². The molecule has 2 aromatic heterocycles. The highest BCUT2D eigenvalue weighted by Gasteiger charge is 2.29. The number of anilines is 2. The molecule has 1 aromatic carbocycles. The molecule has 39 heavy (non-hydrogen) atoms. The summed E-state index contributed by atoms with van der Waals surface area (Å²) < 4.78 is 5.86. The van der Waals surface area contributed by atoms with Crippen LogP contribution in [0.25, 0.3) is 11.3 Å². The first-order valence-corrected chi connectivity index (χ1v) is 13.7. The summed E-state index contributed by atoms with van der Waals surface area (Å²) in [5, 5.41) is 8.29. The van der Waals surface area contributed by atoms with Crippen LogP contribution in [0.5, 0.6) is 5.88 Å². The van der Waals surface area contributed by atoms with E-state index in [0.717, 1.165) is 60.3 Å². The zero-order chi connectivity index (χ0) is 27.2. The number of amides is 1. The summed E-state index contributed by atoms with van der Waals surface area (Å²) >= 11 is 0. The maximum atomic E-state index is 13.8. The van der Waals surface area contributed by atoms with Crippen molar-refractivity contribution in [2.45, 2.75) is 45.6 Å². The third kappa shape index (κ3) is 6.69. The Morgan fingerprint density at radius 2 is 1.79 bits per heavy atom. The standard InChI is InChI=1S/C31H36N6O2/c1-22-6-9-25(10-7-22)31(38)37(28-17-30(35-34-19-28)39-21-26-5-4-16-32-26)20-23-8-15-29(33-18-23)24-11-13-27(14-12-24)36(2)3/h4,8,11-19,22,25H,5-7,9-10,20-21H2,1-3H3. The number of carbonyl (C=O) groups excluding carboxylic acids is 1. The van der Waals surface area contributed by atoms with Crippen LogP contribution in [0.15, 0.2) is 72.1 Å². The summed E-state index contributed by atoms with van der Waals surface area (Å²) in [5.74, 6) is 1.17. The van der Waals surface area contributed by atoms with Crippen molar-refractivity contribution in [3.05, 3.63) is 72.7 Å². The number of hydrogen-bond acceptors (Lipinski definition) is 7. The Hall–Kier alpha value is -4.07. The summed E-state index contributed by atoms with van der Waals surface area (Å²) in [6, 6.07) is 14.2. The zero-order valence-corrected chi connectivity index (χ0v) is 23.0. The Balaban J connectivity index is 1.35. The van der Waals surface area contributed by atoms with Crippen molar-refractivity contribution in [1.82, 2.24) is 15.2 Å². The number of allylic oxidation sites excluding steroid dienone is 1. The van der Waals surface area contributed by atoms with Gasteiger partial charge in [-0.3, -0.25) is 14.8 Å². The number of benzene rings is 1. The molecule has 1 amide bonds. The maximum Gasteiger partial charge on any atom is 0.235 e. The van der Waals surface area contributed by atoms with Crippen molar-refractivity contribution >= 4 is 23.0 Å². The third-order valence-corrected chi connectivity index (χ3v) is 7.51. The van der Waals surface area contributed by atoms with Gasteiger partial charge in [0.15, 0.2) is 0 Å². The lowest BCUT2D eigenvalue weighted by atomic mass is 9.82. The SMILES string of the molecule is CC1CCC(C(=O)N(Cc2ccc(-c3ccc(N(C)C)cc3)nc2)c2cnnc(OCC3=NC=CC3)c2)CC1. The van der Waals surface area contributed by atoms with E-state index in [4.69, 9.17) is 9.72 Å². The molecule has 0 radical (unpaired) electrons. The van der Waals surface area contributed by atoms with Gasteiger partial charge in [-0.25, -0.2) is 0 Å². The number of pyridine rings is 1. The van der Waals surface area contributed by atoms with Crippen molar-refractivity contribution in [2.24, 2.45) is 16.8 Å². The van der Waals surface area contributed by atoms with E-state index in [2.05, 4.69) is 51.3 Å². The first-order chi connectivity index (χ1) is 19.0. The van der Waals surface area contributed by atoms with Crippen LogP contribution in [0.2, 0.25) is 0 Å². The Kier molecular flexibility index (Phi) is 8.30. The van der Waals surface area contributed by atoms with Gasteiger partial charge in [0.1, 0.15) is 6.61 Å². The highest BCUT2D eigenvalue weighted by atomic mass is 16.5. The van der Waals surface area contributed by atoms with E-state index in [-0.39, 0.29) is 11.8 Å². The van der Waals surface area contributed by atoms with Crippen LogP contribution < -0.4 is 14.5 Å². The second-order valence-electron chi connectivity index (χ2n) is 10.7. The highest BCUT2D eigenvalue weighted by molar-refractivity contribution is 5.95. The van der Waals surface area contributed by atoms with Gasteiger partial charge in [0.2, 0.25) is 11.8 Å². The lowest BCUT2D eigenvalue weighted by molar-refractivity contribution is -0.123. The average Bonchev–Trinajstić information content (AvgIpc) is 3.49. The van der Waals surface area contributed by atoms with Crippen molar-refractivity contribution < 1.29 is 9.53 Å². The van der Waals surface area contributed by atoms with E-state index in [1.54, 1.807) is 18.5 Å². The summed E-state index contributed by atoms with van der Waals surface area (Å²) in [6.07, 6.45) is 12.0. The van der Waals surface area contributed by atoms with Gasteiger partial charge >= 0.3 is 0 Å². The molecule has 0 saturated heterocycles. The minimum absolute atomic E-state index is 0.0000892. The highest BCUT2D eigenvalue weighted by Crippen LogP contribution is 2.32. The third-order valence-electron chi connectivity index (χ3n) is 7.51. The zero-order valence-electron chi connectivity index (χ0n) is 23.0. The Morgan fingerprint density at radius 3 is 2.46 bits per heavy atom. The first-order valence-electron chi connectivity index (χ1n) is 13.7. The van der Waals surface area contributed by atoms with Crippen LogP contribution in [0, 0.1) is 11.8 Å². The van der Waals surface area contributed by atoms with Crippen LogP contribution in [-0.2, 0) is 11.3 Å². The van der Waals surface area contributed by atoms with Gasteiger partial charge in [0.05, 0.1) is 29.8 Å². The second kappa shape index (κ2) is 12.2. The molecule has 3 aromatic rings. The van der Waals surface area contributed by atoms with Crippen LogP contribution in [0.3, 0.4) is 0 Å². The Morgan fingerprint density at radius 1 is 1.00 bits per heavy atom. The quantitative estimate of drug-likeness (QED) is 0.357. The van der Waals surface area contributed by atoms with Crippen LogP contribution in [-0.4, -0.2) is 47.5 Å². The molecule has 0 bridgehead atoms. The van der Waals surface area contributed by atoms with Crippen molar-refractivity contribution in [2.75, 3.05) is 30.5 Å². The molecule has 0 spiro atoms. The summed E-state index contributed by atoms with van der Waals surface area (Å²) in [6.45, 7) is 3.01. The number of hydrogen-bond donors (Lipinski definition) is 0. The smallest absolute Gasteiger partial charge is 0.235 e. The molecule has 8 heteroatoms.